The first-order valence-electron chi connectivity index (χ1n) is 9.79. The normalized spacial score (nSPS) is 30.0. The van der Waals surface area contributed by atoms with Crippen molar-refractivity contribution in [2.24, 2.45) is 10.5 Å². The van der Waals surface area contributed by atoms with Gasteiger partial charge in [-0.3, -0.25) is 24.4 Å². The first-order valence-corrected chi connectivity index (χ1v) is 12.0. The lowest BCUT2D eigenvalue weighted by Crippen LogP contribution is -2.65. The van der Waals surface area contributed by atoms with Gasteiger partial charge < -0.3 is 14.0 Å². The zero-order valence-corrected chi connectivity index (χ0v) is 20.1. The highest BCUT2D eigenvalue weighted by molar-refractivity contribution is 7.96. The number of thiocarbonyl (C=S) groups is 1. The minimum atomic E-state index is -3.74. The fourth-order valence-electron chi connectivity index (χ4n) is 3.42. The van der Waals surface area contributed by atoms with E-state index in [1.807, 2.05) is 0 Å². The van der Waals surface area contributed by atoms with E-state index in [9.17, 15) is 18.9 Å². The topological polar surface area (TPSA) is 172 Å². The Morgan fingerprint density at radius 3 is 2.78 bits per heavy atom. The van der Waals surface area contributed by atoms with Crippen LogP contribution < -0.4 is 10.4 Å². The molecule has 2 aliphatic heterocycles. The van der Waals surface area contributed by atoms with E-state index >= 15 is 0 Å². The maximum Gasteiger partial charge on any atom is 0.326 e. The van der Waals surface area contributed by atoms with Gasteiger partial charge in [-0.1, -0.05) is 17.3 Å². The first-order chi connectivity index (χ1) is 14.9. The Balaban J connectivity index is 2.15. The van der Waals surface area contributed by atoms with Crippen molar-refractivity contribution in [3.05, 3.63) is 10.4 Å². The summed E-state index contributed by atoms with van der Waals surface area (Å²) in [6.45, 7) is 6.28. The van der Waals surface area contributed by atoms with Gasteiger partial charge in [0.15, 0.2) is 0 Å². The number of imide groups is 1. The number of carbonyl (C=O) groups is 3. The largest absolute Gasteiger partial charge is 0.468 e. The molecule has 15 heteroatoms. The average molecular weight is 490 g/mol. The van der Waals surface area contributed by atoms with E-state index in [0.717, 1.165) is 5.11 Å². The number of carbonyl (C=O) groups excluding carboxylic acids is 3. The lowest BCUT2D eigenvalue weighted by Gasteiger charge is -2.45. The van der Waals surface area contributed by atoms with E-state index in [1.54, 1.807) is 20.8 Å². The second-order valence-electron chi connectivity index (χ2n) is 8.07. The Morgan fingerprint density at radius 2 is 2.22 bits per heavy atom. The minimum Gasteiger partial charge on any atom is -0.468 e. The van der Waals surface area contributed by atoms with Gasteiger partial charge in [-0.15, -0.1) is 0 Å². The summed E-state index contributed by atoms with van der Waals surface area (Å²) >= 11 is 4.80. The van der Waals surface area contributed by atoms with Crippen molar-refractivity contribution >= 4 is 42.8 Å². The van der Waals surface area contributed by atoms with Crippen molar-refractivity contribution in [1.29, 1.82) is 0 Å². The number of methoxy groups -OCH3 is 1. The Morgan fingerprint density at radius 1 is 1.56 bits per heavy atom. The second kappa shape index (κ2) is 10.2. The van der Waals surface area contributed by atoms with Crippen LogP contribution in [-0.4, -0.2) is 72.1 Å². The zero-order chi connectivity index (χ0) is 24.3. The molecule has 2 heterocycles. The lowest BCUT2D eigenvalue weighted by atomic mass is 9.81. The summed E-state index contributed by atoms with van der Waals surface area (Å²) in [5.74, 6) is -1.06. The molecule has 2 aliphatic rings. The fourth-order valence-corrected chi connectivity index (χ4v) is 5.00. The number of ether oxygens (including phenoxy) is 2. The fraction of sp³-hybridized carbons (Fsp3) is 0.765. The second-order valence-corrected chi connectivity index (χ2v) is 10.6. The van der Waals surface area contributed by atoms with Crippen LogP contribution >= 0.6 is 19.7 Å². The summed E-state index contributed by atoms with van der Waals surface area (Å²) in [5, 5.41) is 9.40. The van der Waals surface area contributed by atoms with Crippen LogP contribution in [0.4, 0.5) is 4.79 Å². The van der Waals surface area contributed by atoms with E-state index < -0.39 is 61.3 Å². The molecule has 0 aromatic carbocycles. The summed E-state index contributed by atoms with van der Waals surface area (Å²) < 4.78 is 28.8. The Hall–Kier alpha value is -2.08. The quantitative estimate of drug-likeness (QED) is 0.122. The standard InChI is InChI=1S/C17H27N6O7PS/c1-9(14(24)28-5)21-31(27,8-32)29-7-12-11(20-22-18)6-13(30-12)23-10(2)17(3,4)15(25)19-16(23)26/h8-13H,6-7H2,1-5H3,(H,21,27)(H,19,25,26). The third-order valence-corrected chi connectivity index (χ3v) is 8.10. The monoisotopic (exact) mass is 490 g/mol. The van der Waals surface area contributed by atoms with Crippen molar-refractivity contribution in [3.63, 3.8) is 0 Å². The highest BCUT2D eigenvalue weighted by Gasteiger charge is 2.50. The minimum absolute atomic E-state index is 0.147. The van der Waals surface area contributed by atoms with E-state index in [1.165, 1.54) is 18.9 Å². The molecule has 0 aliphatic carbocycles. The van der Waals surface area contributed by atoms with Gasteiger partial charge in [0, 0.05) is 17.4 Å². The van der Waals surface area contributed by atoms with E-state index in [0.29, 0.717) is 0 Å². The molecule has 0 aromatic rings. The number of hydrogen-bond donors (Lipinski definition) is 2. The number of amides is 3. The third-order valence-electron chi connectivity index (χ3n) is 5.71. The number of esters is 1. The van der Waals surface area contributed by atoms with Gasteiger partial charge >= 0.3 is 19.5 Å². The number of urea groups is 1. The molecule has 0 bridgehead atoms. The van der Waals surface area contributed by atoms with Gasteiger partial charge in [-0.25, -0.2) is 9.88 Å². The van der Waals surface area contributed by atoms with Gasteiger partial charge in [0.05, 0.1) is 36.4 Å². The smallest absolute Gasteiger partial charge is 0.326 e. The van der Waals surface area contributed by atoms with E-state index in [4.69, 9.17) is 27.0 Å². The summed E-state index contributed by atoms with van der Waals surface area (Å²) in [5.41, 5.74) is 8.05. The lowest BCUT2D eigenvalue weighted by molar-refractivity contribution is -0.142. The van der Waals surface area contributed by atoms with Crippen molar-refractivity contribution in [2.75, 3.05) is 13.7 Å². The van der Waals surface area contributed by atoms with Gasteiger partial charge in [0.25, 0.3) is 0 Å². The molecule has 0 saturated carbocycles. The maximum absolute atomic E-state index is 12.9. The van der Waals surface area contributed by atoms with E-state index in [2.05, 4.69) is 25.2 Å². The summed E-state index contributed by atoms with van der Waals surface area (Å²) in [6.07, 6.45) is -1.51. The van der Waals surface area contributed by atoms with Crippen LogP contribution in [0.25, 0.3) is 10.4 Å². The molecule has 2 saturated heterocycles. The predicted molar refractivity (Wildman–Crippen MR) is 117 cm³/mol. The molecule has 0 spiro atoms. The summed E-state index contributed by atoms with van der Waals surface area (Å²) in [6, 6.07) is -2.81. The predicted octanol–water partition coefficient (Wildman–Crippen LogP) is 2.06. The molecular formula is C17H27N6O7PS. The Bertz CT molecular complexity index is 879. The molecule has 178 valence electrons. The first kappa shape index (κ1) is 26.2. The van der Waals surface area contributed by atoms with Crippen LogP contribution in [-0.2, 0) is 28.2 Å². The molecular weight excluding hydrogens is 463 g/mol. The number of hydrogen-bond acceptors (Lipinski definition) is 9. The van der Waals surface area contributed by atoms with Crippen LogP contribution in [0.1, 0.15) is 34.1 Å². The van der Waals surface area contributed by atoms with Crippen molar-refractivity contribution in [1.82, 2.24) is 15.3 Å². The number of azide groups is 1. The summed E-state index contributed by atoms with van der Waals surface area (Å²) in [7, 11) is -2.55. The third kappa shape index (κ3) is 5.45. The number of nitrogens with one attached hydrogen (secondary N) is 2. The molecule has 2 N–H and O–H groups in total. The van der Waals surface area contributed by atoms with Crippen LogP contribution in [0, 0.1) is 5.41 Å². The van der Waals surface area contributed by atoms with Gasteiger partial charge in [-0.05, 0) is 33.2 Å². The molecule has 6 unspecified atom stereocenters. The molecule has 0 radical (unpaired) electrons. The number of nitrogens with zero attached hydrogens (tertiary/aromatic N) is 4. The number of rotatable bonds is 9. The zero-order valence-electron chi connectivity index (χ0n) is 18.4. The highest BCUT2D eigenvalue weighted by atomic mass is 32.1. The maximum atomic E-state index is 12.9. The van der Waals surface area contributed by atoms with Gasteiger partial charge in [0.2, 0.25) is 5.91 Å². The van der Waals surface area contributed by atoms with Crippen LogP contribution in [0.2, 0.25) is 0 Å². The Labute approximate surface area is 190 Å². The van der Waals surface area contributed by atoms with Crippen LogP contribution in [0.15, 0.2) is 5.11 Å². The van der Waals surface area contributed by atoms with Gasteiger partial charge in [0.1, 0.15) is 12.3 Å². The molecule has 2 fully saturated rings. The molecule has 13 nitrogen and oxygen atoms in total. The van der Waals surface area contributed by atoms with E-state index in [-0.39, 0.29) is 13.0 Å². The molecule has 32 heavy (non-hydrogen) atoms. The SMILES string of the molecule is COC(=O)C(C)NP(=O)(C=S)OCC1OC(N2C(=O)NC(=O)C(C)(C)C2C)CC1N=[N+]=[N-]. The Kier molecular flexibility index (Phi) is 8.38. The molecule has 3 amide bonds. The van der Waals surface area contributed by atoms with Crippen molar-refractivity contribution in [2.45, 2.75) is 64.6 Å². The molecule has 2 rings (SSSR count). The molecule has 6 atom stereocenters. The van der Waals surface area contributed by atoms with Gasteiger partial charge in [-0.2, -0.15) is 0 Å². The average Bonchev–Trinajstić information content (AvgIpc) is 3.13. The molecule has 0 aromatic heterocycles. The van der Waals surface area contributed by atoms with Crippen LogP contribution in [0.5, 0.6) is 0 Å². The van der Waals surface area contributed by atoms with Crippen LogP contribution in [0.3, 0.4) is 0 Å². The van der Waals surface area contributed by atoms with Crippen molar-refractivity contribution < 1.29 is 32.9 Å². The van der Waals surface area contributed by atoms with Crippen molar-refractivity contribution in [3.8, 4) is 0 Å². The highest BCUT2D eigenvalue weighted by Crippen LogP contribution is 2.42. The summed E-state index contributed by atoms with van der Waals surface area (Å²) in [4.78, 5) is 40.5.